The molecule has 0 spiro atoms. The summed E-state index contributed by atoms with van der Waals surface area (Å²) in [5, 5.41) is 3.48. The van der Waals surface area contributed by atoms with E-state index in [-0.39, 0.29) is 11.9 Å². The summed E-state index contributed by atoms with van der Waals surface area (Å²) < 4.78 is 0. The van der Waals surface area contributed by atoms with E-state index in [1.807, 2.05) is 38.1 Å². The lowest BCUT2D eigenvalue weighted by Crippen LogP contribution is -2.26. The molecule has 6 heteroatoms. The van der Waals surface area contributed by atoms with Crippen LogP contribution in [0.2, 0.25) is 5.02 Å². The number of carbonyl (C=O) groups is 1. The van der Waals surface area contributed by atoms with Gasteiger partial charge in [-0.1, -0.05) is 17.7 Å². The predicted octanol–water partition coefficient (Wildman–Crippen LogP) is 3.85. The first kappa shape index (κ1) is 16.5. The van der Waals surface area contributed by atoms with Crippen LogP contribution in [0.1, 0.15) is 19.5 Å². The molecule has 2 N–H and O–H groups in total. The molecule has 0 bridgehead atoms. The highest BCUT2D eigenvalue weighted by Crippen LogP contribution is 2.30. The van der Waals surface area contributed by atoms with Gasteiger partial charge in [-0.15, -0.1) is 5.48 Å². The minimum absolute atomic E-state index is 0.157. The van der Waals surface area contributed by atoms with Gasteiger partial charge in [0.05, 0.1) is 22.3 Å². The number of pyridine rings is 1. The third kappa shape index (κ3) is 3.27. The van der Waals surface area contributed by atoms with Crippen LogP contribution in [-0.4, -0.2) is 16.9 Å². The Morgan fingerprint density at radius 2 is 2.08 bits per heavy atom. The van der Waals surface area contributed by atoms with Crippen LogP contribution in [0.4, 0.5) is 5.69 Å². The van der Waals surface area contributed by atoms with Crippen LogP contribution in [0.5, 0.6) is 0 Å². The molecule has 0 saturated carbocycles. The Morgan fingerprint density at radius 1 is 1.29 bits per heavy atom. The largest absolute Gasteiger partial charge is 0.412 e. The van der Waals surface area contributed by atoms with Crippen molar-refractivity contribution in [2.75, 3.05) is 5.32 Å². The molecule has 124 valence electrons. The minimum atomic E-state index is -0.199. The summed E-state index contributed by atoms with van der Waals surface area (Å²) in [4.78, 5) is 22.2. The molecule has 1 amide bonds. The molecule has 0 saturated heterocycles. The molecule has 2 heterocycles. The summed E-state index contributed by atoms with van der Waals surface area (Å²) in [7, 11) is 0. The number of hydrogen-bond donors (Lipinski definition) is 2. The second kappa shape index (κ2) is 6.63. The molecule has 0 fully saturated rings. The Morgan fingerprint density at radius 3 is 2.75 bits per heavy atom. The summed E-state index contributed by atoms with van der Waals surface area (Å²) in [6.07, 6.45) is 0. The first-order valence-corrected chi connectivity index (χ1v) is 8.01. The standard InChI is InChI=1S/C18H18ClN3O2/c1-10-5-4-6-16(20-10)14-9-13(7-8-15(14)19)21-18(23)17-11(2)22-24-12(17)3/h4-9,11,22H,1-3H3,(H,21,23). The van der Waals surface area contributed by atoms with Crippen molar-refractivity contribution in [3.63, 3.8) is 0 Å². The number of halogens is 1. The van der Waals surface area contributed by atoms with Crippen LogP contribution >= 0.6 is 11.6 Å². The molecule has 1 aliphatic rings. The molecule has 5 nitrogen and oxygen atoms in total. The Labute approximate surface area is 145 Å². The zero-order valence-corrected chi connectivity index (χ0v) is 14.4. The summed E-state index contributed by atoms with van der Waals surface area (Å²) in [5.41, 5.74) is 6.46. The number of nitrogens with zero attached hydrogens (tertiary/aromatic N) is 1. The average Bonchev–Trinajstić information content (AvgIpc) is 2.88. The Kier molecular flexibility index (Phi) is 4.55. The summed E-state index contributed by atoms with van der Waals surface area (Å²) in [6.45, 7) is 5.55. The zero-order chi connectivity index (χ0) is 17.3. The van der Waals surface area contributed by atoms with E-state index in [4.69, 9.17) is 16.4 Å². The quantitative estimate of drug-likeness (QED) is 0.888. The number of hydroxylamine groups is 1. The smallest absolute Gasteiger partial charge is 0.256 e. The van der Waals surface area contributed by atoms with E-state index < -0.39 is 0 Å². The van der Waals surface area contributed by atoms with Crippen molar-refractivity contribution in [3.8, 4) is 11.3 Å². The highest BCUT2D eigenvalue weighted by Gasteiger charge is 2.27. The predicted molar refractivity (Wildman–Crippen MR) is 94.4 cm³/mol. The lowest BCUT2D eigenvalue weighted by molar-refractivity contribution is -0.113. The number of allylic oxidation sites excluding steroid dienone is 1. The highest BCUT2D eigenvalue weighted by molar-refractivity contribution is 6.33. The van der Waals surface area contributed by atoms with Gasteiger partial charge in [0.1, 0.15) is 5.76 Å². The van der Waals surface area contributed by atoms with Gasteiger partial charge in [0, 0.05) is 16.9 Å². The third-order valence-electron chi connectivity index (χ3n) is 3.83. The van der Waals surface area contributed by atoms with Crippen molar-refractivity contribution in [2.24, 2.45) is 0 Å². The van der Waals surface area contributed by atoms with Crippen LogP contribution in [0.3, 0.4) is 0 Å². The van der Waals surface area contributed by atoms with E-state index in [1.54, 1.807) is 19.1 Å². The minimum Gasteiger partial charge on any atom is -0.412 e. The number of hydrogen-bond acceptors (Lipinski definition) is 4. The van der Waals surface area contributed by atoms with Gasteiger partial charge in [0.25, 0.3) is 5.91 Å². The molecule has 1 unspecified atom stereocenters. The fourth-order valence-corrected chi connectivity index (χ4v) is 2.86. The topological polar surface area (TPSA) is 63.2 Å². The number of anilines is 1. The van der Waals surface area contributed by atoms with Crippen LogP contribution in [0.25, 0.3) is 11.3 Å². The summed E-state index contributed by atoms with van der Waals surface area (Å²) in [5.74, 6) is 0.380. The van der Waals surface area contributed by atoms with Crippen LogP contribution in [0, 0.1) is 6.92 Å². The number of aryl methyl sites for hydroxylation is 1. The maximum absolute atomic E-state index is 12.5. The van der Waals surface area contributed by atoms with Gasteiger partial charge in [0.15, 0.2) is 0 Å². The van der Waals surface area contributed by atoms with Gasteiger partial charge >= 0.3 is 0 Å². The number of amides is 1. The first-order valence-electron chi connectivity index (χ1n) is 7.64. The third-order valence-corrected chi connectivity index (χ3v) is 4.16. The molecule has 0 radical (unpaired) electrons. The normalized spacial score (nSPS) is 16.9. The van der Waals surface area contributed by atoms with E-state index in [1.165, 1.54) is 0 Å². The van der Waals surface area contributed by atoms with Crippen LogP contribution in [-0.2, 0) is 9.63 Å². The molecule has 1 aliphatic heterocycles. The zero-order valence-electron chi connectivity index (χ0n) is 13.7. The van der Waals surface area contributed by atoms with Crippen molar-refractivity contribution in [3.05, 3.63) is 58.4 Å². The van der Waals surface area contributed by atoms with E-state index in [0.717, 1.165) is 17.0 Å². The lowest BCUT2D eigenvalue weighted by atomic mass is 10.1. The van der Waals surface area contributed by atoms with E-state index in [2.05, 4.69) is 15.8 Å². The second-order valence-corrected chi connectivity index (χ2v) is 6.13. The van der Waals surface area contributed by atoms with Gasteiger partial charge < -0.3 is 10.2 Å². The summed E-state index contributed by atoms with van der Waals surface area (Å²) in [6, 6.07) is 10.9. The fraction of sp³-hybridized carbons (Fsp3) is 0.222. The van der Waals surface area contributed by atoms with Gasteiger partial charge in [-0.05, 0) is 51.1 Å². The summed E-state index contributed by atoms with van der Waals surface area (Å²) >= 11 is 6.30. The maximum Gasteiger partial charge on any atom is 0.256 e. The Balaban J connectivity index is 1.89. The SMILES string of the molecule is CC1=C(C(=O)Nc2ccc(Cl)c(-c3cccc(C)n3)c2)C(C)NO1. The number of rotatable bonds is 3. The van der Waals surface area contributed by atoms with E-state index in [0.29, 0.717) is 22.0 Å². The maximum atomic E-state index is 12.5. The monoisotopic (exact) mass is 343 g/mol. The molecule has 3 rings (SSSR count). The Bertz CT molecular complexity index is 833. The van der Waals surface area contributed by atoms with Crippen molar-refractivity contribution >= 4 is 23.2 Å². The van der Waals surface area contributed by atoms with Crippen molar-refractivity contribution < 1.29 is 9.63 Å². The molecule has 1 atom stereocenters. The molecule has 1 aromatic carbocycles. The van der Waals surface area contributed by atoms with E-state index >= 15 is 0 Å². The Hall–Kier alpha value is -2.37. The van der Waals surface area contributed by atoms with Crippen molar-refractivity contribution in [1.29, 1.82) is 0 Å². The first-order chi connectivity index (χ1) is 11.5. The number of nitrogens with one attached hydrogen (secondary N) is 2. The van der Waals surface area contributed by atoms with Crippen LogP contribution in [0.15, 0.2) is 47.7 Å². The molecule has 0 aliphatic carbocycles. The number of aromatic nitrogens is 1. The molecule has 24 heavy (non-hydrogen) atoms. The van der Waals surface area contributed by atoms with Crippen molar-refractivity contribution in [2.45, 2.75) is 26.8 Å². The molecular weight excluding hydrogens is 326 g/mol. The number of carbonyl (C=O) groups excluding carboxylic acids is 1. The molecular formula is C18H18ClN3O2. The lowest BCUT2D eigenvalue weighted by Gasteiger charge is -2.11. The van der Waals surface area contributed by atoms with Gasteiger partial charge in [0.2, 0.25) is 0 Å². The van der Waals surface area contributed by atoms with Crippen molar-refractivity contribution in [1.82, 2.24) is 10.5 Å². The second-order valence-electron chi connectivity index (χ2n) is 5.72. The van der Waals surface area contributed by atoms with E-state index in [9.17, 15) is 4.79 Å². The van der Waals surface area contributed by atoms with Gasteiger partial charge in [-0.2, -0.15) is 0 Å². The molecule has 2 aromatic rings. The fourth-order valence-electron chi connectivity index (χ4n) is 2.64. The van der Waals surface area contributed by atoms with Gasteiger partial charge in [-0.25, -0.2) is 0 Å². The highest BCUT2D eigenvalue weighted by atomic mass is 35.5. The van der Waals surface area contributed by atoms with Gasteiger partial charge in [-0.3, -0.25) is 9.78 Å². The number of benzene rings is 1. The van der Waals surface area contributed by atoms with Crippen LogP contribution < -0.4 is 10.8 Å². The molecule has 1 aromatic heterocycles. The average molecular weight is 344 g/mol.